The molecule has 0 aliphatic heterocycles. The summed E-state index contributed by atoms with van der Waals surface area (Å²) in [5, 5.41) is 28.3. The van der Waals surface area contributed by atoms with Gasteiger partial charge < -0.3 is 20.1 Å². The summed E-state index contributed by atoms with van der Waals surface area (Å²) < 4.78 is 4.80. The first kappa shape index (κ1) is 10.6. The Kier molecular flexibility index (Phi) is 2.72. The van der Waals surface area contributed by atoms with Crippen LogP contribution in [-0.2, 0) is 9.53 Å². The van der Waals surface area contributed by atoms with Crippen molar-refractivity contribution in [2.75, 3.05) is 7.11 Å². The molecule has 1 aliphatic carbocycles. The van der Waals surface area contributed by atoms with Crippen LogP contribution in [0.15, 0.2) is 0 Å². The predicted molar refractivity (Wildman–Crippen MR) is 43.1 cm³/mol. The van der Waals surface area contributed by atoms with Gasteiger partial charge in [0.25, 0.3) is 0 Å². The maximum absolute atomic E-state index is 11.3. The van der Waals surface area contributed by atoms with E-state index in [0.29, 0.717) is 0 Å². The molecule has 5 heteroatoms. The van der Waals surface area contributed by atoms with Gasteiger partial charge >= 0.3 is 0 Å². The zero-order valence-electron chi connectivity index (χ0n) is 7.60. The summed E-state index contributed by atoms with van der Waals surface area (Å²) in [5.74, 6) is -0.582. The van der Waals surface area contributed by atoms with Crippen LogP contribution in [0.5, 0.6) is 0 Å². The third kappa shape index (κ3) is 1.38. The van der Waals surface area contributed by atoms with Gasteiger partial charge in [-0.3, -0.25) is 4.79 Å². The van der Waals surface area contributed by atoms with Crippen molar-refractivity contribution in [3.8, 4) is 0 Å². The molecular weight excluding hydrogens is 176 g/mol. The highest BCUT2D eigenvalue weighted by molar-refractivity contribution is 5.91. The molecule has 0 aromatic heterocycles. The van der Waals surface area contributed by atoms with Gasteiger partial charge in [0.05, 0.1) is 12.2 Å². The fourth-order valence-corrected chi connectivity index (χ4v) is 1.60. The van der Waals surface area contributed by atoms with E-state index in [9.17, 15) is 20.1 Å². The van der Waals surface area contributed by atoms with Crippen molar-refractivity contribution < 1.29 is 24.9 Å². The molecule has 0 amide bonds. The molecule has 1 rings (SSSR count). The first-order valence-corrected chi connectivity index (χ1v) is 4.09. The Balaban J connectivity index is 2.92. The van der Waals surface area contributed by atoms with Crippen LogP contribution >= 0.6 is 0 Å². The number of hydrogen-bond donors (Lipinski definition) is 3. The van der Waals surface area contributed by atoms with Gasteiger partial charge in [-0.2, -0.15) is 0 Å². The molecular formula is C8H14O5. The van der Waals surface area contributed by atoms with Crippen molar-refractivity contribution >= 4 is 5.78 Å². The van der Waals surface area contributed by atoms with Crippen LogP contribution in [0.2, 0.25) is 0 Å². The van der Waals surface area contributed by atoms with Crippen LogP contribution in [0.3, 0.4) is 0 Å². The Morgan fingerprint density at radius 2 is 2.23 bits per heavy atom. The van der Waals surface area contributed by atoms with E-state index in [0.717, 1.165) is 0 Å². The summed E-state index contributed by atoms with van der Waals surface area (Å²) in [5.41, 5.74) is -2.07. The van der Waals surface area contributed by atoms with Crippen molar-refractivity contribution in [1.82, 2.24) is 0 Å². The molecule has 5 nitrogen and oxygen atoms in total. The summed E-state index contributed by atoms with van der Waals surface area (Å²) in [6, 6.07) is 0. The standard InChI is InChI=1S/C8H14O5/c1-4(9)8(12)6(10)3-5(13-2)7(8)11/h4-5,7,9,11-12H,3H2,1-2H3/t4?,5?,7-,8-/m1/s1. The maximum atomic E-state index is 11.3. The molecule has 0 heterocycles. The third-order valence-corrected chi connectivity index (χ3v) is 2.58. The first-order chi connectivity index (χ1) is 5.94. The Morgan fingerprint density at radius 1 is 1.69 bits per heavy atom. The lowest BCUT2D eigenvalue weighted by molar-refractivity contribution is -0.164. The van der Waals surface area contributed by atoms with Gasteiger partial charge in [0, 0.05) is 13.5 Å². The summed E-state index contributed by atoms with van der Waals surface area (Å²) in [6.45, 7) is 1.26. The monoisotopic (exact) mass is 190 g/mol. The fourth-order valence-electron chi connectivity index (χ4n) is 1.60. The predicted octanol–water partition coefficient (Wildman–Crippen LogP) is -1.55. The summed E-state index contributed by atoms with van der Waals surface area (Å²) in [7, 11) is 1.34. The third-order valence-electron chi connectivity index (χ3n) is 2.58. The molecule has 0 radical (unpaired) electrons. The number of ketones is 1. The number of ether oxygens (including phenoxy) is 1. The highest BCUT2D eigenvalue weighted by atomic mass is 16.5. The van der Waals surface area contributed by atoms with Crippen molar-refractivity contribution in [3.63, 3.8) is 0 Å². The van der Waals surface area contributed by atoms with Crippen molar-refractivity contribution in [1.29, 1.82) is 0 Å². The molecule has 0 saturated heterocycles. The Bertz CT molecular complexity index is 215. The first-order valence-electron chi connectivity index (χ1n) is 4.09. The van der Waals surface area contributed by atoms with Crippen LogP contribution in [0.25, 0.3) is 0 Å². The molecule has 13 heavy (non-hydrogen) atoms. The van der Waals surface area contributed by atoms with E-state index in [1.54, 1.807) is 0 Å². The molecule has 3 N–H and O–H groups in total. The van der Waals surface area contributed by atoms with E-state index >= 15 is 0 Å². The molecule has 0 bridgehead atoms. The van der Waals surface area contributed by atoms with Crippen LogP contribution in [0.4, 0.5) is 0 Å². The number of hydrogen-bond acceptors (Lipinski definition) is 5. The minimum Gasteiger partial charge on any atom is -0.390 e. The largest absolute Gasteiger partial charge is 0.390 e. The van der Waals surface area contributed by atoms with Gasteiger partial charge in [0.15, 0.2) is 11.4 Å². The second-order valence-corrected chi connectivity index (χ2v) is 3.35. The minimum absolute atomic E-state index is 0.0704. The lowest BCUT2D eigenvalue weighted by Gasteiger charge is -2.29. The van der Waals surface area contributed by atoms with E-state index in [4.69, 9.17) is 4.74 Å². The summed E-state index contributed by atoms with van der Waals surface area (Å²) >= 11 is 0. The zero-order valence-corrected chi connectivity index (χ0v) is 7.60. The topological polar surface area (TPSA) is 87.0 Å². The van der Waals surface area contributed by atoms with Crippen LogP contribution in [-0.4, -0.2) is 52.1 Å². The van der Waals surface area contributed by atoms with Crippen molar-refractivity contribution in [2.45, 2.75) is 37.3 Å². The second kappa shape index (κ2) is 3.34. The van der Waals surface area contributed by atoms with E-state index in [2.05, 4.69) is 0 Å². The van der Waals surface area contributed by atoms with Gasteiger partial charge in [-0.05, 0) is 6.92 Å². The molecule has 76 valence electrons. The molecule has 0 spiro atoms. The van der Waals surface area contributed by atoms with Gasteiger partial charge in [-0.25, -0.2) is 0 Å². The summed E-state index contributed by atoms with van der Waals surface area (Å²) in [4.78, 5) is 11.3. The Hall–Kier alpha value is -0.490. The normalized spacial score (nSPS) is 42.4. The lowest BCUT2D eigenvalue weighted by Crippen LogP contribution is -2.54. The Morgan fingerprint density at radius 3 is 2.46 bits per heavy atom. The lowest BCUT2D eigenvalue weighted by atomic mass is 9.92. The average molecular weight is 190 g/mol. The number of carbonyl (C=O) groups excluding carboxylic acids is 1. The number of aliphatic hydroxyl groups excluding tert-OH is 2. The number of Topliss-reactive ketones (excluding diaryl/α,β-unsaturated/α-hetero) is 1. The Labute approximate surface area is 75.9 Å². The van der Waals surface area contributed by atoms with E-state index < -0.39 is 29.7 Å². The van der Waals surface area contributed by atoms with Crippen molar-refractivity contribution in [2.24, 2.45) is 0 Å². The summed E-state index contributed by atoms with van der Waals surface area (Å²) in [6.07, 6.45) is -3.45. The van der Waals surface area contributed by atoms with Crippen LogP contribution < -0.4 is 0 Å². The molecule has 0 aromatic carbocycles. The van der Waals surface area contributed by atoms with Gasteiger partial charge in [0.1, 0.15) is 6.10 Å². The second-order valence-electron chi connectivity index (χ2n) is 3.35. The molecule has 0 aromatic rings. The van der Waals surface area contributed by atoms with Crippen LogP contribution in [0.1, 0.15) is 13.3 Å². The van der Waals surface area contributed by atoms with E-state index in [1.807, 2.05) is 0 Å². The molecule has 1 aliphatic rings. The molecule has 2 unspecified atom stereocenters. The SMILES string of the molecule is COC1CC(=O)[C@](O)(C(C)O)[C@@H]1O. The highest BCUT2D eigenvalue weighted by Gasteiger charge is 2.56. The van der Waals surface area contributed by atoms with Gasteiger partial charge in [-0.1, -0.05) is 0 Å². The zero-order chi connectivity index (χ0) is 10.2. The number of rotatable bonds is 2. The van der Waals surface area contributed by atoms with Gasteiger partial charge in [-0.15, -0.1) is 0 Å². The molecule has 4 atom stereocenters. The number of aliphatic hydroxyl groups is 3. The van der Waals surface area contributed by atoms with E-state index in [1.165, 1.54) is 14.0 Å². The fraction of sp³-hybridized carbons (Fsp3) is 0.875. The van der Waals surface area contributed by atoms with Crippen molar-refractivity contribution in [3.05, 3.63) is 0 Å². The smallest absolute Gasteiger partial charge is 0.177 e. The van der Waals surface area contributed by atoms with E-state index in [-0.39, 0.29) is 6.42 Å². The minimum atomic E-state index is -2.07. The quantitative estimate of drug-likeness (QED) is 0.490. The maximum Gasteiger partial charge on any atom is 0.177 e. The number of carbonyl (C=O) groups is 1. The number of methoxy groups -OCH3 is 1. The highest BCUT2D eigenvalue weighted by Crippen LogP contribution is 2.31. The molecule has 1 fully saturated rings. The van der Waals surface area contributed by atoms with Crippen LogP contribution in [0, 0.1) is 0 Å². The van der Waals surface area contributed by atoms with Gasteiger partial charge in [0.2, 0.25) is 0 Å². The molecule has 1 saturated carbocycles. The average Bonchev–Trinajstić information content (AvgIpc) is 2.30.